The molecule has 0 bridgehead atoms. The van der Waals surface area contributed by atoms with E-state index in [1.54, 1.807) is 6.07 Å². The molecule has 1 aliphatic heterocycles. The molecule has 1 saturated heterocycles. The van der Waals surface area contributed by atoms with E-state index >= 15 is 0 Å². The molecule has 1 heterocycles. The summed E-state index contributed by atoms with van der Waals surface area (Å²) in [5.41, 5.74) is 0.419. The van der Waals surface area contributed by atoms with E-state index < -0.39 is 10.0 Å². The van der Waals surface area contributed by atoms with Gasteiger partial charge in [0.1, 0.15) is 4.90 Å². The molecule has 5 nitrogen and oxygen atoms in total. The first kappa shape index (κ1) is 20.2. The summed E-state index contributed by atoms with van der Waals surface area (Å²) in [6, 6.07) is 14.2. The zero-order valence-corrected chi connectivity index (χ0v) is 17.3. The molecule has 144 valence electrons. The number of carbonyl (C=O) groups excluding carboxylic acids is 1. The Kier molecular flexibility index (Phi) is 6.47. The quantitative estimate of drug-likeness (QED) is 0.704. The second-order valence-electron chi connectivity index (χ2n) is 6.32. The zero-order chi connectivity index (χ0) is 19.4. The minimum absolute atomic E-state index is 0.0345. The summed E-state index contributed by atoms with van der Waals surface area (Å²) in [5, 5.41) is 2.62. The van der Waals surface area contributed by atoms with Crippen LogP contribution in [0.4, 0.5) is 5.69 Å². The van der Waals surface area contributed by atoms with Gasteiger partial charge in [0.15, 0.2) is 0 Å². The van der Waals surface area contributed by atoms with E-state index in [-0.39, 0.29) is 21.1 Å². The first-order valence-corrected chi connectivity index (χ1v) is 11.4. The molecule has 1 N–H and O–H groups in total. The topological polar surface area (TPSA) is 66.5 Å². The van der Waals surface area contributed by atoms with Gasteiger partial charge < -0.3 is 5.32 Å². The van der Waals surface area contributed by atoms with Crippen molar-refractivity contribution < 1.29 is 13.2 Å². The lowest BCUT2D eigenvalue weighted by Gasteiger charge is -2.18. The Bertz CT molecular complexity index is 914. The van der Waals surface area contributed by atoms with Crippen LogP contribution in [0.15, 0.2) is 58.3 Å². The Morgan fingerprint density at radius 2 is 1.81 bits per heavy atom. The SMILES string of the molecule is CC(Sc1ccccc1)C(=O)Nc1ccc(Cl)c(S(=O)(=O)N2CCCC2)c1. The van der Waals surface area contributed by atoms with Gasteiger partial charge in [-0.3, -0.25) is 4.79 Å². The molecule has 3 rings (SSSR count). The number of thioether (sulfide) groups is 1. The zero-order valence-electron chi connectivity index (χ0n) is 14.9. The van der Waals surface area contributed by atoms with E-state index in [9.17, 15) is 13.2 Å². The van der Waals surface area contributed by atoms with Crippen molar-refractivity contribution in [2.24, 2.45) is 0 Å². The van der Waals surface area contributed by atoms with Crippen LogP contribution in [0.5, 0.6) is 0 Å². The number of anilines is 1. The van der Waals surface area contributed by atoms with Gasteiger partial charge in [-0.2, -0.15) is 4.31 Å². The Hall–Kier alpha value is -1.54. The largest absolute Gasteiger partial charge is 0.325 e. The fourth-order valence-electron chi connectivity index (χ4n) is 2.85. The third-order valence-corrected chi connectivity index (χ3v) is 7.80. The minimum atomic E-state index is -3.65. The lowest BCUT2D eigenvalue weighted by molar-refractivity contribution is -0.115. The van der Waals surface area contributed by atoms with E-state index in [0.717, 1.165) is 17.7 Å². The van der Waals surface area contributed by atoms with Crippen LogP contribution in [0.3, 0.4) is 0 Å². The average molecular weight is 425 g/mol. The summed E-state index contributed by atoms with van der Waals surface area (Å²) < 4.78 is 27.0. The van der Waals surface area contributed by atoms with Gasteiger partial charge in [-0.05, 0) is 50.1 Å². The molecule has 1 atom stereocenters. The second-order valence-corrected chi connectivity index (χ2v) is 10.0. The van der Waals surface area contributed by atoms with Gasteiger partial charge in [0.2, 0.25) is 15.9 Å². The van der Waals surface area contributed by atoms with E-state index in [0.29, 0.717) is 18.8 Å². The number of sulfonamides is 1. The number of benzene rings is 2. The average Bonchev–Trinajstić information content (AvgIpc) is 3.19. The van der Waals surface area contributed by atoms with E-state index in [4.69, 9.17) is 11.6 Å². The van der Waals surface area contributed by atoms with E-state index in [1.165, 1.54) is 28.2 Å². The number of nitrogens with zero attached hydrogens (tertiary/aromatic N) is 1. The van der Waals surface area contributed by atoms with Gasteiger partial charge in [-0.1, -0.05) is 29.8 Å². The van der Waals surface area contributed by atoms with Gasteiger partial charge in [0.25, 0.3) is 0 Å². The molecule has 2 aromatic carbocycles. The highest BCUT2D eigenvalue weighted by Gasteiger charge is 2.29. The Morgan fingerprint density at radius 3 is 2.48 bits per heavy atom. The van der Waals surface area contributed by atoms with E-state index in [1.807, 2.05) is 37.3 Å². The van der Waals surface area contributed by atoms with Crippen LogP contribution in [-0.2, 0) is 14.8 Å². The predicted molar refractivity (Wildman–Crippen MR) is 110 cm³/mol. The molecule has 1 amide bonds. The van der Waals surface area contributed by atoms with Gasteiger partial charge in [-0.25, -0.2) is 8.42 Å². The van der Waals surface area contributed by atoms with Crippen molar-refractivity contribution in [2.45, 2.75) is 34.8 Å². The van der Waals surface area contributed by atoms with Crippen molar-refractivity contribution in [3.05, 3.63) is 53.6 Å². The number of rotatable bonds is 6. The number of amides is 1. The molecule has 0 aromatic heterocycles. The number of carbonyl (C=O) groups is 1. The molecular formula is C19H21ClN2O3S2. The summed E-state index contributed by atoms with van der Waals surface area (Å²) in [7, 11) is -3.65. The van der Waals surface area contributed by atoms with Gasteiger partial charge in [0.05, 0.1) is 10.3 Å². The van der Waals surface area contributed by atoms with Crippen LogP contribution in [0.2, 0.25) is 5.02 Å². The fourth-order valence-corrected chi connectivity index (χ4v) is 5.75. The summed E-state index contributed by atoms with van der Waals surface area (Å²) in [6.45, 7) is 2.81. The Balaban J connectivity index is 1.74. The molecule has 27 heavy (non-hydrogen) atoms. The molecule has 0 radical (unpaired) electrons. The highest BCUT2D eigenvalue weighted by molar-refractivity contribution is 8.00. The Morgan fingerprint density at radius 1 is 1.15 bits per heavy atom. The lowest BCUT2D eigenvalue weighted by atomic mass is 10.3. The third-order valence-electron chi connectivity index (χ3n) is 4.31. The molecule has 0 saturated carbocycles. The van der Waals surface area contributed by atoms with Crippen molar-refractivity contribution in [3.63, 3.8) is 0 Å². The first-order valence-electron chi connectivity index (χ1n) is 8.70. The maximum Gasteiger partial charge on any atom is 0.244 e. The van der Waals surface area contributed by atoms with Crippen LogP contribution >= 0.6 is 23.4 Å². The van der Waals surface area contributed by atoms with Crippen molar-refractivity contribution in [1.29, 1.82) is 0 Å². The number of nitrogens with one attached hydrogen (secondary N) is 1. The molecule has 2 aromatic rings. The molecule has 0 aliphatic carbocycles. The highest BCUT2D eigenvalue weighted by atomic mass is 35.5. The standard InChI is InChI=1S/C19H21ClN2O3S2/c1-14(26-16-7-3-2-4-8-16)19(23)21-15-9-10-17(20)18(13-15)27(24,25)22-11-5-6-12-22/h2-4,7-10,13-14H,5-6,11-12H2,1H3,(H,21,23). The molecule has 0 spiro atoms. The lowest BCUT2D eigenvalue weighted by Crippen LogP contribution is -2.28. The van der Waals surface area contributed by atoms with Crippen molar-refractivity contribution in [2.75, 3.05) is 18.4 Å². The van der Waals surface area contributed by atoms with E-state index in [2.05, 4.69) is 5.32 Å². The van der Waals surface area contributed by atoms with Crippen LogP contribution in [0.1, 0.15) is 19.8 Å². The van der Waals surface area contributed by atoms with Gasteiger partial charge in [0, 0.05) is 23.7 Å². The first-order chi connectivity index (χ1) is 12.9. The maximum absolute atomic E-state index is 12.8. The predicted octanol–water partition coefficient (Wildman–Crippen LogP) is 4.24. The Labute approximate surface area is 169 Å². The normalized spacial score (nSPS) is 16.2. The van der Waals surface area contributed by atoms with Crippen LogP contribution in [0, 0.1) is 0 Å². The molecule has 1 unspecified atom stereocenters. The van der Waals surface area contributed by atoms with Crippen molar-refractivity contribution >= 4 is 45.0 Å². The van der Waals surface area contributed by atoms with Crippen LogP contribution in [0.25, 0.3) is 0 Å². The molecule has 1 aliphatic rings. The monoisotopic (exact) mass is 424 g/mol. The number of halogens is 1. The molecule has 8 heteroatoms. The minimum Gasteiger partial charge on any atom is -0.325 e. The molecular weight excluding hydrogens is 404 g/mol. The van der Waals surface area contributed by atoms with Crippen LogP contribution in [-0.4, -0.2) is 37.0 Å². The summed E-state index contributed by atoms with van der Waals surface area (Å²) >= 11 is 7.58. The smallest absolute Gasteiger partial charge is 0.244 e. The van der Waals surface area contributed by atoms with Gasteiger partial charge in [-0.15, -0.1) is 11.8 Å². The van der Waals surface area contributed by atoms with Crippen LogP contribution < -0.4 is 5.32 Å². The third kappa shape index (κ3) is 4.85. The summed E-state index contributed by atoms with van der Waals surface area (Å²) in [5.74, 6) is -0.198. The highest BCUT2D eigenvalue weighted by Crippen LogP contribution is 2.30. The van der Waals surface area contributed by atoms with Gasteiger partial charge >= 0.3 is 0 Å². The summed E-state index contributed by atoms with van der Waals surface area (Å²) in [6.07, 6.45) is 1.70. The van der Waals surface area contributed by atoms with Crippen molar-refractivity contribution in [3.8, 4) is 0 Å². The second kappa shape index (κ2) is 8.65. The molecule has 1 fully saturated rings. The fraction of sp³-hybridized carbons (Fsp3) is 0.316. The number of hydrogen-bond donors (Lipinski definition) is 1. The van der Waals surface area contributed by atoms with Crippen molar-refractivity contribution in [1.82, 2.24) is 4.31 Å². The summed E-state index contributed by atoms with van der Waals surface area (Å²) in [4.78, 5) is 13.5. The maximum atomic E-state index is 12.8. The number of hydrogen-bond acceptors (Lipinski definition) is 4.